The Labute approximate surface area is 128 Å². The molecule has 7 heteroatoms. The first-order valence-corrected chi connectivity index (χ1v) is 6.97. The van der Waals surface area contributed by atoms with Gasteiger partial charge in [0.05, 0.1) is 17.0 Å². The molecule has 0 fully saturated rings. The largest absolute Gasteiger partial charge is 0.268 e. The van der Waals surface area contributed by atoms with Crippen LogP contribution in [0.2, 0.25) is 0 Å². The highest BCUT2D eigenvalue weighted by Gasteiger charge is 2.32. The van der Waals surface area contributed by atoms with Crippen molar-refractivity contribution < 1.29 is 0 Å². The third-order valence-corrected chi connectivity index (χ3v) is 3.93. The third-order valence-electron chi connectivity index (χ3n) is 3.93. The maximum Gasteiger partial charge on any atom is 0.152 e. The molecule has 0 unspecified atom stereocenters. The van der Waals surface area contributed by atoms with Gasteiger partial charge >= 0.3 is 0 Å². The molecule has 0 saturated heterocycles. The second-order valence-corrected chi connectivity index (χ2v) is 6.31. The van der Waals surface area contributed by atoms with Crippen LogP contribution in [0.3, 0.4) is 0 Å². The van der Waals surface area contributed by atoms with E-state index < -0.39 is 0 Å². The molecule has 0 bridgehead atoms. The predicted octanol–water partition coefficient (Wildman–Crippen LogP) is 2.52. The second-order valence-electron chi connectivity index (χ2n) is 6.31. The first-order valence-electron chi connectivity index (χ1n) is 6.97. The summed E-state index contributed by atoms with van der Waals surface area (Å²) in [4.78, 5) is 14.8. The Morgan fingerprint density at radius 1 is 1.41 bits per heavy atom. The van der Waals surface area contributed by atoms with Gasteiger partial charge < -0.3 is 0 Å². The van der Waals surface area contributed by atoms with Gasteiger partial charge in [-0.3, -0.25) is 4.68 Å². The minimum absolute atomic E-state index is 0.155. The Hall–Kier alpha value is -2.75. The fourth-order valence-corrected chi connectivity index (χ4v) is 2.85. The van der Waals surface area contributed by atoms with Gasteiger partial charge in [0.25, 0.3) is 0 Å². The van der Waals surface area contributed by atoms with E-state index in [0.29, 0.717) is 11.4 Å². The van der Waals surface area contributed by atoms with Crippen LogP contribution in [0.1, 0.15) is 25.1 Å². The smallest absolute Gasteiger partial charge is 0.152 e. The van der Waals surface area contributed by atoms with E-state index in [1.54, 1.807) is 12.3 Å². The minimum atomic E-state index is 0.155. The second kappa shape index (κ2) is 4.91. The van der Waals surface area contributed by atoms with Crippen LogP contribution in [0.25, 0.3) is 11.1 Å². The van der Waals surface area contributed by atoms with Crippen LogP contribution in [0.5, 0.6) is 0 Å². The molecule has 0 aromatic carbocycles. The molecule has 112 valence electrons. The lowest BCUT2D eigenvalue weighted by Crippen LogP contribution is -2.12. The number of nitriles is 1. The SMILES string of the molecule is CN(N=O)c1cc(-c2cnn3c2CC(C)(C)C3)c(C#N)cn1. The minimum Gasteiger partial charge on any atom is -0.268 e. The normalized spacial score (nSPS) is 15.2. The topological polar surface area (TPSA) is 87.2 Å². The lowest BCUT2D eigenvalue weighted by molar-refractivity contribution is 0.347. The summed E-state index contributed by atoms with van der Waals surface area (Å²) in [5.74, 6) is 0.404. The van der Waals surface area contributed by atoms with E-state index in [1.807, 2.05) is 4.68 Å². The quantitative estimate of drug-likeness (QED) is 0.641. The number of nitrogens with zero attached hydrogens (tertiary/aromatic N) is 6. The molecule has 22 heavy (non-hydrogen) atoms. The molecule has 0 radical (unpaired) electrons. The summed E-state index contributed by atoms with van der Waals surface area (Å²) in [6.45, 7) is 5.25. The molecular formula is C15H16N6O. The highest BCUT2D eigenvalue weighted by molar-refractivity contribution is 5.74. The van der Waals surface area contributed by atoms with Gasteiger partial charge in [0.15, 0.2) is 5.82 Å². The fourth-order valence-electron chi connectivity index (χ4n) is 2.85. The summed E-state index contributed by atoms with van der Waals surface area (Å²) < 4.78 is 1.98. The standard InChI is InChI=1S/C15H16N6O/c1-15(2)5-13-12(8-18-21(13)9-15)11-4-14(20(3)19-22)17-7-10(11)6-16/h4,7-8H,5,9H2,1-3H3. The van der Waals surface area contributed by atoms with Gasteiger partial charge in [-0.1, -0.05) is 13.8 Å². The van der Waals surface area contributed by atoms with Gasteiger partial charge in [0, 0.05) is 36.6 Å². The Morgan fingerprint density at radius 2 is 2.18 bits per heavy atom. The fraction of sp³-hybridized carbons (Fsp3) is 0.400. The summed E-state index contributed by atoms with van der Waals surface area (Å²) in [5.41, 5.74) is 3.39. The van der Waals surface area contributed by atoms with Crippen LogP contribution < -0.4 is 5.01 Å². The highest BCUT2D eigenvalue weighted by Crippen LogP contribution is 2.38. The molecule has 2 aromatic rings. The van der Waals surface area contributed by atoms with E-state index in [9.17, 15) is 10.2 Å². The monoisotopic (exact) mass is 296 g/mol. The molecule has 0 atom stereocenters. The zero-order valence-electron chi connectivity index (χ0n) is 12.7. The molecule has 1 aliphatic heterocycles. The zero-order valence-corrected chi connectivity index (χ0v) is 12.7. The molecular weight excluding hydrogens is 280 g/mol. The van der Waals surface area contributed by atoms with Crippen molar-refractivity contribution in [3.05, 3.63) is 34.6 Å². The molecule has 1 aliphatic rings. The number of nitroso groups, excluding NO2 is 1. The number of anilines is 1. The van der Waals surface area contributed by atoms with Crippen LogP contribution in [-0.2, 0) is 13.0 Å². The zero-order chi connectivity index (χ0) is 15.9. The lowest BCUT2D eigenvalue weighted by Gasteiger charge is -2.15. The van der Waals surface area contributed by atoms with Crippen molar-refractivity contribution in [2.75, 3.05) is 12.1 Å². The van der Waals surface area contributed by atoms with Crippen molar-refractivity contribution in [1.82, 2.24) is 14.8 Å². The maximum atomic E-state index is 10.7. The third kappa shape index (κ3) is 2.22. The highest BCUT2D eigenvalue weighted by atomic mass is 16.3. The van der Waals surface area contributed by atoms with Gasteiger partial charge in [-0.15, -0.1) is 4.91 Å². The van der Waals surface area contributed by atoms with Crippen LogP contribution in [0.4, 0.5) is 5.82 Å². The Bertz CT molecular complexity index is 786. The van der Waals surface area contributed by atoms with Gasteiger partial charge in [-0.25, -0.2) is 9.99 Å². The molecule has 3 rings (SSSR count). The van der Waals surface area contributed by atoms with Crippen LogP contribution in [0, 0.1) is 21.7 Å². The van der Waals surface area contributed by atoms with E-state index in [2.05, 4.69) is 35.3 Å². The average Bonchev–Trinajstić information content (AvgIpc) is 3.00. The van der Waals surface area contributed by atoms with Crippen LogP contribution in [0.15, 0.2) is 23.7 Å². The number of hydrogen-bond donors (Lipinski definition) is 0. The molecule has 7 nitrogen and oxygen atoms in total. The Morgan fingerprint density at radius 3 is 2.86 bits per heavy atom. The first-order chi connectivity index (χ1) is 10.4. The van der Waals surface area contributed by atoms with Crippen LogP contribution in [-0.4, -0.2) is 21.8 Å². The molecule has 0 N–H and O–H groups in total. The van der Waals surface area contributed by atoms with Gasteiger partial charge in [0.1, 0.15) is 6.07 Å². The average molecular weight is 296 g/mol. The lowest BCUT2D eigenvalue weighted by atomic mass is 9.89. The van der Waals surface area contributed by atoms with Crippen molar-refractivity contribution in [2.45, 2.75) is 26.8 Å². The van der Waals surface area contributed by atoms with Crippen molar-refractivity contribution in [1.29, 1.82) is 5.26 Å². The van der Waals surface area contributed by atoms with E-state index in [4.69, 9.17) is 0 Å². The van der Waals surface area contributed by atoms with Crippen molar-refractivity contribution in [2.24, 2.45) is 10.7 Å². The maximum absolute atomic E-state index is 10.7. The molecule has 0 saturated carbocycles. The van der Waals surface area contributed by atoms with Crippen LogP contribution >= 0.6 is 0 Å². The van der Waals surface area contributed by atoms with Gasteiger partial charge in [-0.05, 0) is 17.9 Å². The Kier molecular flexibility index (Phi) is 3.17. The van der Waals surface area contributed by atoms with E-state index >= 15 is 0 Å². The summed E-state index contributed by atoms with van der Waals surface area (Å²) in [7, 11) is 1.52. The molecule has 0 aliphatic carbocycles. The first kappa shape index (κ1) is 14.2. The van der Waals surface area contributed by atoms with Crippen molar-refractivity contribution in [3.63, 3.8) is 0 Å². The van der Waals surface area contributed by atoms with Gasteiger partial charge in [0.2, 0.25) is 0 Å². The summed E-state index contributed by atoms with van der Waals surface area (Å²) >= 11 is 0. The van der Waals surface area contributed by atoms with Crippen molar-refractivity contribution in [3.8, 4) is 17.2 Å². The number of pyridine rings is 1. The number of aromatic nitrogens is 3. The van der Waals surface area contributed by atoms with E-state index in [-0.39, 0.29) is 5.41 Å². The number of fused-ring (bicyclic) bond motifs is 1. The molecule has 0 spiro atoms. The predicted molar refractivity (Wildman–Crippen MR) is 81.9 cm³/mol. The van der Waals surface area contributed by atoms with Crippen molar-refractivity contribution >= 4 is 5.82 Å². The summed E-state index contributed by atoms with van der Waals surface area (Å²) in [6.07, 6.45) is 4.14. The summed E-state index contributed by atoms with van der Waals surface area (Å²) in [6, 6.07) is 3.86. The number of hydrogen-bond acceptors (Lipinski definition) is 5. The summed E-state index contributed by atoms with van der Waals surface area (Å²) in [5, 5.41) is 17.8. The van der Waals surface area contributed by atoms with E-state index in [1.165, 1.54) is 13.2 Å². The molecule has 0 amide bonds. The Balaban J connectivity index is 2.13. The number of rotatable bonds is 3. The molecule has 2 aromatic heterocycles. The molecule has 3 heterocycles. The van der Waals surface area contributed by atoms with E-state index in [0.717, 1.165) is 34.8 Å². The van der Waals surface area contributed by atoms with Gasteiger partial charge in [-0.2, -0.15) is 10.4 Å².